The third-order valence-electron chi connectivity index (χ3n) is 5.57. The highest BCUT2D eigenvalue weighted by atomic mass is 16.3. The van der Waals surface area contributed by atoms with Crippen LogP contribution in [0.1, 0.15) is 64.5 Å². The summed E-state index contributed by atoms with van der Waals surface area (Å²) in [4.78, 5) is 34.0. The van der Waals surface area contributed by atoms with Crippen LogP contribution >= 0.6 is 0 Å². The Labute approximate surface area is 172 Å². The first-order valence-electron chi connectivity index (χ1n) is 9.33. The fraction of sp³-hybridized carbons (Fsp3) is 0.125. The Morgan fingerprint density at radius 2 is 0.700 bits per heavy atom. The van der Waals surface area contributed by atoms with E-state index < -0.39 is 0 Å². The molecule has 0 fully saturated rings. The molecule has 0 radical (unpaired) electrons. The number of rotatable bonds is 3. The summed E-state index contributed by atoms with van der Waals surface area (Å²) in [5, 5.41) is 30.6. The summed E-state index contributed by atoms with van der Waals surface area (Å²) in [6.07, 6.45) is 2.85. The summed E-state index contributed by atoms with van der Waals surface area (Å²) >= 11 is 0. The number of fused-ring (bicyclic) bond motifs is 3. The Kier molecular flexibility index (Phi) is 4.83. The highest BCUT2D eigenvalue weighted by Crippen LogP contribution is 2.34. The molecule has 0 saturated heterocycles. The van der Waals surface area contributed by atoms with Crippen LogP contribution in [0.5, 0.6) is 17.2 Å². The van der Waals surface area contributed by atoms with Gasteiger partial charge >= 0.3 is 0 Å². The number of hydrogen-bond donors (Lipinski definition) is 3. The van der Waals surface area contributed by atoms with E-state index in [2.05, 4.69) is 0 Å². The molecule has 0 unspecified atom stereocenters. The van der Waals surface area contributed by atoms with E-state index in [9.17, 15) is 29.7 Å². The molecule has 30 heavy (non-hydrogen) atoms. The Morgan fingerprint density at radius 3 is 0.933 bits per heavy atom. The number of phenolic OH excluding ortho intramolecular Hbond substituents is 3. The molecule has 0 bridgehead atoms. The molecule has 1 aliphatic rings. The summed E-state index contributed by atoms with van der Waals surface area (Å²) in [6.45, 7) is 0. The van der Waals surface area contributed by atoms with Crippen molar-refractivity contribution in [3.05, 3.63) is 86.5 Å². The molecule has 6 heteroatoms. The molecule has 3 aromatic carbocycles. The number of carbonyl (C=O) groups excluding carboxylic acids is 3. The van der Waals surface area contributed by atoms with Crippen LogP contribution < -0.4 is 0 Å². The normalized spacial score (nSPS) is 12.4. The summed E-state index contributed by atoms with van der Waals surface area (Å²) < 4.78 is 0. The minimum absolute atomic E-state index is 0.140. The predicted octanol–water partition coefficient (Wildman–Crippen LogP) is 3.33. The molecule has 0 spiro atoms. The first kappa shape index (κ1) is 19.4. The number of phenols is 3. The Hall–Kier alpha value is -3.93. The topological polar surface area (TPSA) is 112 Å². The summed E-state index contributed by atoms with van der Waals surface area (Å²) in [7, 11) is 0. The van der Waals surface area contributed by atoms with Gasteiger partial charge in [-0.15, -0.1) is 0 Å². The van der Waals surface area contributed by atoms with Gasteiger partial charge in [0.05, 0.1) is 16.7 Å². The third kappa shape index (κ3) is 3.33. The van der Waals surface area contributed by atoms with Crippen LogP contribution in [0.2, 0.25) is 0 Å². The zero-order valence-corrected chi connectivity index (χ0v) is 15.9. The highest BCUT2D eigenvalue weighted by molar-refractivity contribution is 5.82. The first-order chi connectivity index (χ1) is 14.4. The van der Waals surface area contributed by atoms with Crippen molar-refractivity contribution >= 4 is 18.9 Å². The molecule has 3 N–H and O–H groups in total. The maximum Gasteiger partial charge on any atom is 0.153 e. The zero-order valence-electron chi connectivity index (χ0n) is 15.9. The minimum Gasteiger partial charge on any atom is -0.507 e. The van der Waals surface area contributed by atoms with Crippen LogP contribution in [0.15, 0.2) is 36.4 Å². The molecule has 6 nitrogen and oxygen atoms in total. The highest BCUT2D eigenvalue weighted by Gasteiger charge is 2.20. The second-order valence-corrected chi connectivity index (χ2v) is 7.42. The van der Waals surface area contributed by atoms with Gasteiger partial charge in [0.2, 0.25) is 0 Å². The van der Waals surface area contributed by atoms with Crippen LogP contribution in [0, 0.1) is 0 Å². The van der Waals surface area contributed by atoms with E-state index >= 15 is 0 Å². The van der Waals surface area contributed by atoms with Crippen molar-refractivity contribution in [2.75, 3.05) is 0 Å². The lowest BCUT2D eigenvalue weighted by molar-refractivity contribution is 0.111. The van der Waals surface area contributed by atoms with E-state index in [0.29, 0.717) is 38.1 Å². The molecular formula is C24H18O6. The smallest absolute Gasteiger partial charge is 0.153 e. The fourth-order valence-electron chi connectivity index (χ4n) is 3.97. The quantitative estimate of drug-likeness (QED) is 0.453. The second-order valence-electron chi connectivity index (χ2n) is 7.42. The molecule has 3 aromatic rings. The van der Waals surface area contributed by atoms with Gasteiger partial charge in [0.25, 0.3) is 0 Å². The number of benzene rings is 3. The molecule has 0 aromatic heterocycles. The van der Waals surface area contributed by atoms with Gasteiger partial charge in [0.1, 0.15) is 17.2 Å². The first-order valence-corrected chi connectivity index (χ1v) is 9.33. The van der Waals surface area contributed by atoms with Crippen LogP contribution in [-0.4, -0.2) is 34.2 Å². The van der Waals surface area contributed by atoms with Gasteiger partial charge in [0.15, 0.2) is 18.9 Å². The predicted molar refractivity (Wildman–Crippen MR) is 109 cm³/mol. The number of hydrogen-bond acceptors (Lipinski definition) is 6. The lowest BCUT2D eigenvalue weighted by Gasteiger charge is -2.13. The summed E-state index contributed by atoms with van der Waals surface area (Å²) in [5.41, 5.74) is 5.08. The van der Waals surface area contributed by atoms with E-state index in [4.69, 9.17) is 0 Å². The van der Waals surface area contributed by atoms with Crippen molar-refractivity contribution in [1.82, 2.24) is 0 Å². The summed E-state index contributed by atoms with van der Waals surface area (Å²) in [5.74, 6) is -0.421. The minimum atomic E-state index is -0.140. The molecule has 0 atom stereocenters. The van der Waals surface area contributed by atoms with Crippen LogP contribution in [-0.2, 0) is 19.3 Å². The van der Waals surface area contributed by atoms with Crippen molar-refractivity contribution < 1.29 is 29.7 Å². The Morgan fingerprint density at radius 1 is 0.467 bits per heavy atom. The third-order valence-corrected chi connectivity index (χ3v) is 5.57. The van der Waals surface area contributed by atoms with Gasteiger partial charge in [-0.2, -0.15) is 0 Å². The van der Waals surface area contributed by atoms with Gasteiger partial charge in [-0.1, -0.05) is 0 Å². The summed E-state index contributed by atoms with van der Waals surface area (Å²) in [6, 6.07) is 9.41. The molecule has 4 rings (SSSR count). The van der Waals surface area contributed by atoms with E-state index in [1.165, 1.54) is 18.2 Å². The molecule has 0 amide bonds. The largest absolute Gasteiger partial charge is 0.507 e. The molecule has 0 aliphatic heterocycles. The maximum absolute atomic E-state index is 11.3. The monoisotopic (exact) mass is 402 g/mol. The van der Waals surface area contributed by atoms with Crippen molar-refractivity contribution in [1.29, 1.82) is 0 Å². The maximum atomic E-state index is 11.3. The number of carbonyl (C=O) groups is 3. The average molecular weight is 402 g/mol. The van der Waals surface area contributed by atoms with E-state index in [1.807, 2.05) is 0 Å². The van der Waals surface area contributed by atoms with Gasteiger partial charge in [-0.05, 0) is 89.0 Å². The fourth-order valence-corrected chi connectivity index (χ4v) is 3.97. The molecule has 0 heterocycles. The number of aldehydes is 3. The second kappa shape index (κ2) is 7.48. The van der Waals surface area contributed by atoms with Gasteiger partial charge < -0.3 is 15.3 Å². The molecule has 150 valence electrons. The molecule has 0 saturated carbocycles. The van der Waals surface area contributed by atoms with Crippen molar-refractivity contribution in [2.24, 2.45) is 0 Å². The van der Waals surface area contributed by atoms with E-state index in [1.54, 1.807) is 18.2 Å². The van der Waals surface area contributed by atoms with E-state index in [0.717, 1.165) is 33.4 Å². The lowest BCUT2D eigenvalue weighted by atomic mass is 9.92. The van der Waals surface area contributed by atoms with E-state index in [-0.39, 0.29) is 33.9 Å². The lowest BCUT2D eigenvalue weighted by Crippen LogP contribution is -2.01. The van der Waals surface area contributed by atoms with Crippen LogP contribution in [0.4, 0.5) is 0 Å². The van der Waals surface area contributed by atoms with Crippen LogP contribution in [0.25, 0.3) is 0 Å². The average Bonchev–Trinajstić information content (AvgIpc) is 2.78. The van der Waals surface area contributed by atoms with Crippen molar-refractivity contribution in [3.8, 4) is 17.2 Å². The van der Waals surface area contributed by atoms with Gasteiger partial charge in [-0.25, -0.2) is 0 Å². The molecular weight excluding hydrogens is 384 g/mol. The Bertz CT molecular complexity index is 1060. The van der Waals surface area contributed by atoms with Crippen molar-refractivity contribution in [3.63, 3.8) is 0 Å². The standard InChI is InChI=1S/C24H18O6/c25-10-19-4-13-1-16-7-22(28)20(11-26)5-14(16)2-18-9-24(30)21(12-27)6-15(18)3-17(13)8-23(19)29/h4-12,28-30H,1-3H2. The molecule has 1 aliphatic carbocycles. The Balaban J connectivity index is 2.01. The van der Waals surface area contributed by atoms with Crippen LogP contribution in [0.3, 0.4) is 0 Å². The zero-order chi connectivity index (χ0) is 21.4. The number of aromatic hydroxyl groups is 3. The van der Waals surface area contributed by atoms with Crippen molar-refractivity contribution in [2.45, 2.75) is 19.3 Å². The SMILES string of the molecule is O=Cc1cc2c(cc1O)Cc1cc(C=O)c(O)cc1Cc1cc(C=O)c(O)cc1C2. The van der Waals surface area contributed by atoms with Gasteiger partial charge in [0, 0.05) is 0 Å². The van der Waals surface area contributed by atoms with Gasteiger partial charge in [-0.3, -0.25) is 14.4 Å².